The molecule has 1 fully saturated rings. The van der Waals surface area contributed by atoms with Crippen LogP contribution in [0.5, 0.6) is 0 Å². The second-order valence-electron chi connectivity index (χ2n) is 6.32. The number of hydrogen-bond donors (Lipinski definition) is 1. The topological polar surface area (TPSA) is 58.4 Å². The number of aromatic nitrogens is 1. The third-order valence-electron chi connectivity index (χ3n) is 4.60. The normalized spacial score (nSPS) is 17.1. The summed E-state index contributed by atoms with van der Waals surface area (Å²) in [7, 11) is 0. The van der Waals surface area contributed by atoms with Gasteiger partial charge in [0.2, 0.25) is 0 Å². The van der Waals surface area contributed by atoms with E-state index in [2.05, 4.69) is 10.5 Å². The van der Waals surface area contributed by atoms with Crippen LogP contribution >= 0.6 is 0 Å². The van der Waals surface area contributed by atoms with Crippen LogP contribution in [0.2, 0.25) is 0 Å². The summed E-state index contributed by atoms with van der Waals surface area (Å²) in [5.74, 6) is -1.10. The molecule has 5 nitrogen and oxygen atoms in total. The van der Waals surface area contributed by atoms with Gasteiger partial charge in [-0.15, -0.1) is 0 Å². The zero-order valence-corrected chi connectivity index (χ0v) is 14.3. The van der Waals surface area contributed by atoms with E-state index < -0.39 is 11.6 Å². The second-order valence-corrected chi connectivity index (χ2v) is 6.32. The highest BCUT2D eigenvalue weighted by Gasteiger charge is 2.25. The molecule has 1 aliphatic heterocycles. The molecule has 1 aliphatic rings. The average Bonchev–Trinajstić information content (AvgIpc) is 3.21. The van der Waals surface area contributed by atoms with Crippen LogP contribution in [0, 0.1) is 24.5 Å². The van der Waals surface area contributed by atoms with E-state index in [-0.39, 0.29) is 11.8 Å². The van der Waals surface area contributed by atoms with Crippen LogP contribution < -0.4 is 10.2 Å². The Balaban J connectivity index is 1.57. The van der Waals surface area contributed by atoms with Gasteiger partial charge >= 0.3 is 0 Å². The summed E-state index contributed by atoms with van der Waals surface area (Å²) >= 11 is 0. The number of anilines is 1. The molecule has 2 heterocycles. The molecule has 0 bridgehead atoms. The summed E-state index contributed by atoms with van der Waals surface area (Å²) in [5.41, 5.74) is 1.83. The van der Waals surface area contributed by atoms with Gasteiger partial charge in [-0.25, -0.2) is 8.78 Å². The van der Waals surface area contributed by atoms with E-state index in [0.717, 1.165) is 19.0 Å². The van der Waals surface area contributed by atoms with Crippen molar-refractivity contribution in [3.05, 3.63) is 46.9 Å². The maximum Gasteiger partial charge on any atom is 0.256 e. The molecule has 2 aromatic rings. The molecule has 0 unspecified atom stereocenters. The maximum atomic E-state index is 13.4. The fraction of sp³-hybridized carbons (Fsp3) is 0.444. The number of nitrogens with one attached hydrogen (secondary N) is 1. The van der Waals surface area contributed by atoms with Crippen molar-refractivity contribution in [3.8, 4) is 0 Å². The maximum absolute atomic E-state index is 13.4. The van der Waals surface area contributed by atoms with Crippen molar-refractivity contribution in [1.82, 2.24) is 10.5 Å². The van der Waals surface area contributed by atoms with Crippen LogP contribution in [0.15, 0.2) is 22.7 Å². The lowest BCUT2D eigenvalue weighted by Gasteiger charge is -2.19. The molecule has 1 aromatic heterocycles. The van der Waals surface area contributed by atoms with Gasteiger partial charge in [0.15, 0.2) is 11.6 Å². The Hall–Kier alpha value is -2.44. The van der Waals surface area contributed by atoms with Crippen molar-refractivity contribution in [2.45, 2.75) is 26.7 Å². The average molecular weight is 349 g/mol. The Morgan fingerprint density at radius 3 is 2.92 bits per heavy atom. The van der Waals surface area contributed by atoms with Crippen molar-refractivity contribution in [1.29, 1.82) is 0 Å². The van der Waals surface area contributed by atoms with Crippen molar-refractivity contribution < 1.29 is 18.1 Å². The Morgan fingerprint density at radius 2 is 2.20 bits per heavy atom. The molecule has 1 aromatic carbocycles. The highest BCUT2D eigenvalue weighted by atomic mass is 19.2. The van der Waals surface area contributed by atoms with E-state index in [4.69, 9.17) is 4.52 Å². The molecule has 3 rings (SSSR count). The fourth-order valence-electron chi connectivity index (χ4n) is 3.19. The van der Waals surface area contributed by atoms with E-state index in [1.807, 2.05) is 11.8 Å². The number of aryl methyl sites for hydroxylation is 2. The first-order valence-corrected chi connectivity index (χ1v) is 8.43. The lowest BCUT2D eigenvalue weighted by molar-refractivity contribution is 0.0946. The van der Waals surface area contributed by atoms with Gasteiger partial charge in [-0.3, -0.25) is 4.79 Å². The van der Waals surface area contributed by atoms with Gasteiger partial charge < -0.3 is 14.7 Å². The first kappa shape index (κ1) is 17.4. The van der Waals surface area contributed by atoms with Gasteiger partial charge in [-0.05, 0) is 37.8 Å². The molecule has 0 aliphatic carbocycles. The SMILES string of the molecule is CCc1noc(C)c1C(=O)NC[C@H]1CCN(c2ccc(F)c(F)c2)C1. The molecule has 1 amide bonds. The molecule has 0 saturated carbocycles. The van der Waals surface area contributed by atoms with Crippen LogP contribution in [0.4, 0.5) is 14.5 Å². The van der Waals surface area contributed by atoms with E-state index >= 15 is 0 Å². The van der Waals surface area contributed by atoms with E-state index in [1.165, 1.54) is 6.07 Å². The number of nitrogens with zero attached hydrogens (tertiary/aromatic N) is 2. The molecule has 0 radical (unpaired) electrons. The van der Waals surface area contributed by atoms with Gasteiger partial charge in [0.25, 0.3) is 5.91 Å². The van der Waals surface area contributed by atoms with Crippen LogP contribution in [-0.2, 0) is 6.42 Å². The van der Waals surface area contributed by atoms with E-state index in [9.17, 15) is 13.6 Å². The summed E-state index contributed by atoms with van der Waals surface area (Å²) in [5, 5.41) is 6.83. The number of amides is 1. The van der Waals surface area contributed by atoms with Crippen molar-refractivity contribution in [2.24, 2.45) is 5.92 Å². The number of benzene rings is 1. The summed E-state index contributed by atoms with van der Waals surface area (Å²) in [4.78, 5) is 14.4. The first-order valence-electron chi connectivity index (χ1n) is 8.43. The third kappa shape index (κ3) is 3.65. The van der Waals surface area contributed by atoms with Crippen LogP contribution in [-0.4, -0.2) is 30.7 Å². The standard InChI is InChI=1S/C18H21F2N3O2/c1-3-16-17(11(2)25-22-16)18(24)21-9-12-6-7-23(10-12)13-4-5-14(19)15(20)8-13/h4-5,8,12H,3,6-7,9-10H2,1-2H3,(H,21,24)/t12-/m1/s1. The number of halogens is 2. The van der Waals surface area contributed by atoms with Crippen molar-refractivity contribution >= 4 is 11.6 Å². The Kier molecular flexibility index (Phi) is 5.01. The van der Waals surface area contributed by atoms with Crippen LogP contribution in [0.3, 0.4) is 0 Å². The van der Waals surface area contributed by atoms with Gasteiger partial charge in [0.1, 0.15) is 11.3 Å². The highest BCUT2D eigenvalue weighted by Crippen LogP contribution is 2.25. The largest absolute Gasteiger partial charge is 0.371 e. The summed E-state index contributed by atoms with van der Waals surface area (Å²) in [6.07, 6.45) is 1.51. The van der Waals surface area contributed by atoms with Crippen LogP contribution in [0.25, 0.3) is 0 Å². The lowest BCUT2D eigenvalue weighted by atomic mass is 10.1. The molecule has 1 N–H and O–H groups in total. The zero-order chi connectivity index (χ0) is 18.0. The predicted octanol–water partition coefficient (Wildman–Crippen LogP) is 3.08. The van der Waals surface area contributed by atoms with E-state index in [0.29, 0.717) is 42.2 Å². The number of rotatable bonds is 5. The minimum Gasteiger partial charge on any atom is -0.371 e. The van der Waals surface area contributed by atoms with Crippen molar-refractivity contribution in [3.63, 3.8) is 0 Å². The molecule has 1 atom stereocenters. The highest BCUT2D eigenvalue weighted by molar-refractivity contribution is 5.96. The molecule has 1 saturated heterocycles. The molecule has 0 spiro atoms. The molecule has 7 heteroatoms. The molecule has 134 valence electrons. The summed E-state index contributed by atoms with van der Waals surface area (Å²) in [6, 6.07) is 3.93. The quantitative estimate of drug-likeness (QED) is 0.901. The second kappa shape index (κ2) is 7.21. The molecular weight excluding hydrogens is 328 g/mol. The number of carbonyl (C=O) groups excluding carboxylic acids is 1. The Morgan fingerprint density at radius 1 is 1.40 bits per heavy atom. The van der Waals surface area contributed by atoms with Gasteiger partial charge in [0, 0.05) is 31.4 Å². The lowest BCUT2D eigenvalue weighted by Crippen LogP contribution is -2.31. The zero-order valence-electron chi connectivity index (χ0n) is 14.3. The summed E-state index contributed by atoms with van der Waals surface area (Å²) in [6.45, 7) is 5.60. The molecular formula is C18H21F2N3O2. The number of carbonyl (C=O) groups is 1. The van der Waals surface area contributed by atoms with Gasteiger partial charge in [-0.2, -0.15) is 0 Å². The summed E-state index contributed by atoms with van der Waals surface area (Å²) < 4.78 is 31.5. The van der Waals surface area contributed by atoms with Crippen LogP contribution in [0.1, 0.15) is 35.2 Å². The monoisotopic (exact) mass is 349 g/mol. The number of hydrogen-bond acceptors (Lipinski definition) is 4. The molecule has 25 heavy (non-hydrogen) atoms. The van der Waals surface area contributed by atoms with Gasteiger partial charge in [0.05, 0.1) is 5.69 Å². The Labute approximate surface area is 145 Å². The smallest absolute Gasteiger partial charge is 0.256 e. The minimum atomic E-state index is -0.845. The predicted molar refractivity (Wildman–Crippen MR) is 89.6 cm³/mol. The fourth-order valence-corrected chi connectivity index (χ4v) is 3.19. The van der Waals surface area contributed by atoms with E-state index in [1.54, 1.807) is 13.0 Å². The Bertz CT molecular complexity index is 776. The first-order chi connectivity index (χ1) is 12.0. The minimum absolute atomic E-state index is 0.179. The van der Waals surface area contributed by atoms with Gasteiger partial charge in [-0.1, -0.05) is 12.1 Å². The van der Waals surface area contributed by atoms with Crippen molar-refractivity contribution in [2.75, 3.05) is 24.5 Å². The third-order valence-corrected chi connectivity index (χ3v) is 4.60.